The summed E-state index contributed by atoms with van der Waals surface area (Å²) in [7, 11) is 0. The van der Waals surface area contributed by atoms with Gasteiger partial charge in [-0.2, -0.15) is 0 Å². The van der Waals surface area contributed by atoms with E-state index in [9.17, 15) is 5.11 Å². The molecule has 0 aromatic heterocycles. The Kier molecular flexibility index (Phi) is 9.90. The van der Waals surface area contributed by atoms with Gasteiger partial charge < -0.3 is 20.5 Å². The number of rotatable bonds is 8. The number of hydrogen-bond acceptors (Lipinski definition) is 3. The van der Waals surface area contributed by atoms with E-state index in [1.165, 1.54) is 0 Å². The largest absolute Gasteiger partial charge is 0.383 e. The van der Waals surface area contributed by atoms with Crippen LogP contribution in [0.2, 0.25) is 0 Å². The Labute approximate surface area is 191 Å². The number of halogens is 1. The average molecular weight is 509 g/mol. The zero-order valence-electron chi connectivity index (χ0n) is 17.0. The Hall–Kier alpha value is -1.64. The highest BCUT2D eigenvalue weighted by Gasteiger charge is 2.29. The van der Waals surface area contributed by atoms with Crippen molar-refractivity contribution in [1.29, 1.82) is 0 Å². The molecule has 29 heavy (non-hydrogen) atoms. The van der Waals surface area contributed by atoms with Crippen LogP contribution < -0.4 is 10.6 Å². The first kappa shape index (κ1) is 23.6. The van der Waals surface area contributed by atoms with Gasteiger partial charge in [-0.1, -0.05) is 60.7 Å². The van der Waals surface area contributed by atoms with Gasteiger partial charge in [-0.15, -0.1) is 24.0 Å². The molecule has 0 aliphatic carbocycles. The molecule has 1 fully saturated rings. The Morgan fingerprint density at radius 2 is 1.79 bits per heavy atom. The first-order chi connectivity index (χ1) is 13.7. The normalized spacial score (nSPS) is 18.6. The van der Waals surface area contributed by atoms with Crippen LogP contribution in [-0.4, -0.2) is 43.4 Å². The van der Waals surface area contributed by atoms with Crippen molar-refractivity contribution in [3.05, 3.63) is 71.8 Å². The number of hydrogen-bond donors (Lipinski definition) is 3. The van der Waals surface area contributed by atoms with E-state index in [4.69, 9.17) is 9.73 Å². The van der Waals surface area contributed by atoms with Gasteiger partial charge in [0.2, 0.25) is 0 Å². The second-order valence-electron chi connectivity index (χ2n) is 7.27. The fraction of sp³-hybridized carbons (Fsp3) is 0.435. The van der Waals surface area contributed by atoms with Crippen LogP contribution in [0.25, 0.3) is 0 Å². The zero-order chi connectivity index (χ0) is 19.7. The van der Waals surface area contributed by atoms with Crippen LogP contribution in [0.15, 0.2) is 65.7 Å². The number of nitrogens with zero attached hydrogens (tertiary/aromatic N) is 1. The predicted molar refractivity (Wildman–Crippen MR) is 129 cm³/mol. The van der Waals surface area contributed by atoms with Crippen molar-refractivity contribution < 1.29 is 9.84 Å². The van der Waals surface area contributed by atoms with Gasteiger partial charge in [0.1, 0.15) is 5.60 Å². The van der Waals surface area contributed by atoms with Gasteiger partial charge in [-0.25, -0.2) is 4.99 Å². The van der Waals surface area contributed by atoms with Crippen LogP contribution in [0.5, 0.6) is 0 Å². The Bertz CT molecular complexity index is 736. The maximum Gasteiger partial charge on any atom is 0.191 e. The summed E-state index contributed by atoms with van der Waals surface area (Å²) >= 11 is 0. The molecule has 6 heteroatoms. The molecule has 1 saturated heterocycles. The number of nitrogens with one attached hydrogen (secondary N) is 2. The van der Waals surface area contributed by atoms with Crippen LogP contribution in [0, 0.1) is 0 Å². The lowest BCUT2D eigenvalue weighted by atomic mass is 9.87. The molecule has 3 N–H and O–H groups in total. The van der Waals surface area contributed by atoms with Gasteiger partial charge in [0.15, 0.2) is 5.96 Å². The minimum absolute atomic E-state index is 0. The van der Waals surface area contributed by atoms with Crippen molar-refractivity contribution in [3.63, 3.8) is 0 Å². The molecule has 2 aromatic rings. The van der Waals surface area contributed by atoms with Crippen LogP contribution in [0.1, 0.15) is 30.9 Å². The average Bonchev–Trinajstić information content (AvgIpc) is 3.25. The molecular formula is C23H32IN3O2. The third-order valence-corrected chi connectivity index (χ3v) is 5.01. The number of guanidine groups is 1. The molecule has 0 bridgehead atoms. The summed E-state index contributed by atoms with van der Waals surface area (Å²) in [5.74, 6) is 0.709. The van der Waals surface area contributed by atoms with Crippen LogP contribution >= 0.6 is 24.0 Å². The van der Waals surface area contributed by atoms with Gasteiger partial charge in [-0.3, -0.25) is 0 Å². The van der Waals surface area contributed by atoms with Crippen LogP contribution in [-0.2, 0) is 16.8 Å². The number of aliphatic imine (C=N–C) groups is 1. The van der Waals surface area contributed by atoms with Crippen molar-refractivity contribution in [3.8, 4) is 0 Å². The Morgan fingerprint density at radius 3 is 2.41 bits per heavy atom. The molecule has 0 radical (unpaired) electrons. The summed E-state index contributed by atoms with van der Waals surface area (Å²) in [6, 6.07) is 19.9. The van der Waals surface area contributed by atoms with E-state index >= 15 is 0 Å². The summed E-state index contributed by atoms with van der Waals surface area (Å²) in [5.41, 5.74) is 0.883. The monoisotopic (exact) mass is 509 g/mol. The Balaban J connectivity index is 0.00000300. The second kappa shape index (κ2) is 12.1. The lowest BCUT2D eigenvalue weighted by molar-refractivity contribution is 0.0466. The molecule has 3 rings (SSSR count). The first-order valence-electron chi connectivity index (χ1n) is 10.2. The van der Waals surface area contributed by atoms with E-state index in [1.54, 1.807) is 0 Å². The predicted octanol–water partition coefficient (Wildman–Crippen LogP) is 3.47. The fourth-order valence-electron chi connectivity index (χ4n) is 3.50. The number of ether oxygens (including phenoxy) is 1. The number of benzene rings is 2. The topological polar surface area (TPSA) is 65.9 Å². The SMILES string of the molecule is CCNC(=NCC(O)(Cc1ccccc1)c1ccccc1)NCC1CCCO1.I. The molecule has 5 nitrogen and oxygen atoms in total. The molecule has 2 unspecified atom stereocenters. The summed E-state index contributed by atoms with van der Waals surface area (Å²) in [6.07, 6.45) is 2.94. The molecule has 1 heterocycles. The van der Waals surface area contributed by atoms with Gasteiger partial charge in [0.05, 0.1) is 12.6 Å². The number of aliphatic hydroxyl groups is 1. The first-order valence-corrected chi connectivity index (χ1v) is 10.2. The van der Waals surface area contributed by atoms with Crippen LogP contribution in [0.3, 0.4) is 0 Å². The molecule has 1 aliphatic heterocycles. The Morgan fingerprint density at radius 1 is 1.10 bits per heavy atom. The van der Waals surface area contributed by atoms with Crippen molar-refractivity contribution in [2.24, 2.45) is 4.99 Å². The molecule has 2 atom stereocenters. The maximum absolute atomic E-state index is 11.5. The highest BCUT2D eigenvalue weighted by molar-refractivity contribution is 14.0. The molecule has 158 valence electrons. The summed E-state index contributed by atoms with van der Waals surface area (Å²) < 4.78 is 5.68. The van der Waals surface area contributed by atoms with E-state index < -0.39 is 5.60 Å². The molecule has 0 amide bonds. The smallest absolute Gasteiger partial charge is 0.191 e. The van der Waals surface area contributed by atoms with Gasteiger partial charge >= 0.3 is 0 Å². The minimum Gasteiger partial charge on any atom is -0.383 e. The standard InChI is InChI=1S/C23H31N3O2.HI/c1-2-24-22(25-17-21-14-9-15-28-21)26-18-23(27,20-12-7-4-8-13-20)16-19-10-5-3-6-11-19;/h3-8,10-13,21,27H,2,9,14-18H2,1H3,(H2,24,25,26);1H. The van der Waals surface area contributed by atoms with E-state index in [2.05, 4.69) is 10.6 Å². The summed E-state index contributed by atoms with van der Waals surface area (Å²) in [4.78, 5) is 4.71. The van der Waals surface area contributed by atoms with E-state index in [0.29, 0.717) is 12.4 Å². The van der Waals surface area contributed by atoms with Gasteiger partial charge in [-0.05, 0) is 30.9 Å². The fourth-order valence-corrected chi connectivity index (χ4v) is 3.50. The minimum atomic E-state index is -1.07. The van der Waals surface area contributed by atoms with Gasteiger partial charge in [0.25, 0.3) is 0 Å². The summed E-state index contributed by atoms with van der Waals surface area (Å²) in [5, 5.41) is 18.2. The third kappa shape index (κ3) is 7.28. The summed E-state index contributed by atoms with van der Waals surface area (Å²) in [6.45, 7) is 4.64. The lowest BCUT2D eigenvalue weighted by Crippen LogP contribution is -2.42. The molecule has 0 spiro atoms. The maximum atomic E-state index is 11.5. The molecular weight excluding hydrogens is 477 g/mol. The zero-order valence-corrected chi connectivity index (χ0v) is 19.3. The second-order valence-corrected chi connectivity index (χ2v) is 7.27. The molecule has 2 aromatic carbocycles. The highest BCUT2D eigenvalue weighted by Crippen LogP contribution is 2.26. The van der Waals surface area contributed by atoms with E-state index in [-0.39, 0.29) is 36.6 Å². The van der Waals surface area contributed by atoms with Crippen molar-refractivity contribution in [2.75, 3.05) is 26.2 Å². The quantitative estimate of drug-likeness (QED) is 0.290. The van der Waals surface area contributed by atoms with Crippen molar-refractivity contribution >= 4 is 29.9 Å². The highest BCUT2D eigenvalue weighted by atomic mass is 127. The molecule has 0 saturated carbocycles. The van der Waals surface area contributed by atoms with Crippen LogP contribution in [0.4, 0.5) is 0 Å². The molecule has 1 aliphatic rings. The van der Waals surface area contributed by atoms with Gasteiger partial charge in [0, 0.05) is 26.1 Å². The van der Waals surface area contributed by atoms with Crippen molar-refractivity contribution in [1.82, 2.24) is 10.6 Å². The lowest BCUT2D eigenvalue weighted by Gasteiger charge is -2.28. The van der Waals surface area contributed by atoms with E-state index in [0.717, 1.165) is 43.7 Å². The third-order valence-electron chi connectivity index (χ3n) is 5.01. The van der Waals surface area contributed by atoms with Crippen molar-refractivity contribution in [2.45, 2.75) is 37.9 Å². The van der Waals surface area contributed by atoms with E-state index in [1.807, 2.05) is 67.6 Å².